The highest BCUT2D eigenvalue weighted by atomic mass is 19.3. The van der Waals surface area contributed by atoms with E-state index in [1.807, 2.05) is 0 Å². The molecule has 0 bridgehead atoms. The molecule has 1 heterocycles. The van der Waals surface area contributed by atoms with E-state index in [1.54, 1.807) is 0 Å². The highest BCUT2D eigenvalue weighted by molar-refractivity contribution is 6.03. The number of carbonyl (C=O) groups excluding carboxylic acids is 1. The van der Waals surface area contributed by atoms with Gasteiger partial charge >= 0.3 is 6.43 Å². The van der Waals surface area contributed by atoms with Crippen LogP contribution in [0, 0.1) is 6.92 Å². The zero-order chi connectivity index (χ0) is 10.0. The number of anilines is 1. The van der Waals surface area contributed by atoms with Gasteiger partial charge in [0.2, 0.25) is 5.78 Å². The molecule has 1 rings (SSSR count). The van der Waals surface area contributed by atoms with Crippen LogP contribution in [0.25, 0.3) is 0 Å². The normalized spacial score (nSPS) is 10.5. The number of nitrogens with two attached hydrogens (primary N) is 1. The van der Waals surface area contributed by atoms with Crippen LogP contribution in [0.3, 0.4) is 0 Å². The SMILES string of the molecule is Cc1ccnc(N)c1C(=O)C(F)F. The van der Waals surface area contributed by atoms with Crippen LogP contribution in [0.15, 0.2) is 12.3 Å². The van der Waals surface area contributed by atoms with Gasteiger partial charge in [-0.3, -0.25) is 4.79 Å². The molecule has 0 saturated heterocycles. The van der Waals surface area contributed by atoms with E-state index in [1.165, 1.54) is 19.2 Å². The number of nitrogens with zero attached hydrogens (tertiary/aromatic N) is 1. The fourth-order valence-electron chi connectivity index (χ4n) is 1.01. The van der Waals surface area contributed by atoms with Crippen molar-refractivity contribution in [2.24, 2.45) is 0 Å². The minimum absolute atomic E-state index is 0.148. The molecule has 0 amide bonds. The summed E-state index contributed by atoms with van der Waals surface area (Å²) in [5, 5.41) is 0. The second-order valence-corrected chi connectivity index (χ2v) is 2.55. The lowest BCUT2D eigenvalue weighted by Crippen LogP contribution is -2.15. The monoisotopic (exact) mass is 186 g/mol. The summed E-state index contributed by atoms with van der Waals surface area (Å²) in [6.45, 7) is 1.54. The Morgan fingerprint density at radius 3 is 2.69 bits per heavy atom. The van der Waals surface area contributed by atoms with Gasteiger partial charge in [-0.05, 0) is 18.6 Å². The number of Topliss-reactive ketones (excluding diaryl/α,β-unsaturated/α-hetero) is 1. The summed E-state index contributed by atoms with van der Waals surface area (Å²) in [5.41, 5.74) is 5.53. The van der Waals surface area contributed by atoms with Crippen LogP contribution in [0.2, 0.25) is 0 Å². The molecule has 13 heavy (non-hydrogen) atoms. The lowest BCUT2D eigenvalue weighted by molar-refractivity contribution is 0.0678. The molecule has 0 unspecified atom stereocenters. The zero-order valence-corrected chi connectivity index (χ0v) is 6.92. The first kappa shape index (κ1) is 9.57. The van der Waals surface area contributed by atoms with Gasteiger partial charge in [-0.2, -0.15) is 0 Å². The van der Waals surface area contributed by atoms with Crippen molar-refractivity contribution in [3.63, 3.8) is 0 Å². The van der Waals surface area contributed by atoms with Gasteiger partial charge in [-0.15, -0.1) is 0 Å². The van der Waals surface area contributed by atoms with Gasteiger partial charge in [0.1, 0.15) is 5.82 Å². The molecule has 5 heteroatoms. The maximum atomic E-state index is 12.0. The Kier molecular flexibility index (Phi) is 2.55. The third kappa shape index (κ3) is 1.80. The van der Waals surface area contributed by atoms with E-state index in [0.717, 1.165) is 0 Å². The Morgan fingerprint density at radius 2 is 2.23 bits per heavy atom. The first-order valence-corrected chi connectivity index (χ1v) is 3.57. The van der Waals surface area contributed by atoms with Gasteiger partial charge in [0, 0.05) is 6.20 Å². The maximum Gasteiger partial charge on any atom is 0.300 e. The third-order valence-electron chi connectivity index (χ3n) is 1.63. The van der Waals surface area contributed by atoms with Gasteiger partial charge < -0.3 is 5.73 Å². The van der Waals surface area contributed by atoms with Crippen LogP contribution in [-0.4, -0.2) is 17.2 Å². The smallest absolute Gasteiger partial charge is 0.300 e. The van der Waals surface area contributed by atoms with E-state index in [2.05, 4.69) is 4.98 Å². The molecule has 0 fully saturated rings. The van der Waals surface area contributed by atoms with E-state index < -0.39 is 12.2 Å². The van der Waals surface area contributed by atoms with Gasteiger partial charge in [0.25, 0.3) is 0 Å². The molecule has 1 aromatic rings. The number of carbonyl (C=O) groups is 1. The number of aromatic nitrogens is 1. The Morgan fingerprint density at radius 1 is 1.62 bits per heavy atom. The number of nitrogen functional groups attached to an aromatic ring is 1. The predicted octanol–water partition coefficient (Wildman–Crippen LogP) is 1.42. The Labute approximate surface area is 73.6 Å². The first-order chi connectivity index (χ1) is 6.04. The highest BCUT2D eigenvalue weighted by Crippen LogP contribution is 2.17. The summed E-state index contributed by atoms with van der Waals surface area (Å²) >= 11 is 0. The van der Waals surface area contributed by atoms with E-state index in [0.29, 0.717) is 5.56 Å². The van der Waals surface area contributed by atoms with Crippen LogP contribution < -0.4 is 5.73 Å². The highest BCUT2D eigenvalue weighted by Gasteiger charge is 2.22. The van der Waals surface area contributed by atoms with Gasteiger partial charge in [-0.25, -0.2) is 13.8 Å². The molecule has 0 atom stereocenters. The summed E-state index contributed by atoms with van der Waals surface area (Å²) < 4.78 is 24.1. The summed E-state index contributed by atoms with van der Waals surface area (Å²) in [7, 11) is 0. The first-order valence-electron chi connectivity index (χ1n) is 3.57. The molecule has 0 radical (unpaired) electrons. The Hall–Kier alpha value is -1.52. The number of ketones is 1. The van der Waals surface area contributed by atoms with Crippen LogP contribution >= 0.6 is 0 Å². The van der Waals surface area contributed by atoms with Crippen molar-refractivity contribution in [3.8, 4) is 0 Å². The Bertz CT molecular complexity index is 319. The summed E-state index contributed by atoms with van der Waals surface area (Å²) in [5.74, 6) is -1.42. The average Bonchev–Trinajstić information content (AvgIpc) is 2.03. The van der Waals surface area contributed by atoms with Crippen LogP contribution in [0.4, 0.5) is 14.6 Å². The molecule has 0 aliphatic rings. The summed E-state index contributed by atoms with van der Waals surface area (Å²) in [4.78, 5) is 14.5. The molecule has 0 aromatic carbocycles. The number of halogens is 2. The van der Waals surface area contributed by atoms with E-state index in [4.69, 9.17) is 5.73 Å². The molecule has 0 aliphatic carbocycles. The molecule has 1 aromatic heterocycles. The number of aryl methyl sites for hydroxylation is 1. The van der Waals surface area contributed by atoms with E-state index >= 15 is 0 Å². The quantitative estimate of drug-likeness (QED) is 0.710. The molecule has 0 saturated carbocycles. The fourth-order valence-corrected chi connectivity index (χ4v) is 1.01. The number of hydrogen-bond acceptors (Lipinski definition) is 3. The number of pyridine rings is 1. The predicted molar refractivity (Wildman–Crippen MR) is 43.7 cm³/mol. The van der Waals surface area contributed by atoms with Crippen LogP contribution in [0.1, 0.15) is 15.9 Å². The van der Waals surface area contributed by atoms with Gasteiger partial charge in [0.15, 0.2) is 0 Å². The van der Waals surface area contributed by atoms with Crippen molar-refractivity contribution < 1.29 is 13.6 Å². The topological polar surface area (TPSA) is 56.0 Å². The van der Waals surface area contributed by atoms with Crippen molar-refractivity contribution in [1.29, 1.82) is 0 Å². The third-order valence-corrected chi connectivity index (χ3v) is 1.63. The van der Waals surface area contributed by atoms with E-state index in [-0.39, 0.29) is 11.4 Å². The average molecular weight is 186 g/mol. The molecular weight excluding hydrogens is 178 g/mol. The van der Waals surface area contributed by atoms with Crippen molar-refractivity contribution in [1.82, 2.24) is 4.98 Å². The van der Waals surface area contributed by atoms with Gasteiger partial charge in [-0.1, -0.05) is 0 Å². The standard InChI is InChI=1S/C8H8F2N2O/c1-4-2-3-12-8(11)5(4)6(13)7(9)10/h2-3,7H,1H3,(H2,11,12). The lowest BCUT2D eigenvalue weighted by atomic mass is 10.1. The largest absolute Gasteiger partial charge is 0.383 e. The Balaban J connectivity index is 3.20. The lowest BCUT2D eigenvalue weighted by Gasteiger charge is -2.05. The summed E-state index contributed by atoms with van der Waals surface area (Å²) in [6.07, 6.45) is -1.67. The van der Waals surface area contributed by atoms with Crippen LogP contribution in [0.5, 0.6) is 0 Å². The minimum Gasteiger partial charge on any atom is -0.383 e. The van der Waals surface area contributed by atoms with Crippen molar-refractivity contribution in [3.05, 3.63) is 23.4 Å². The molecule has 2 N–H and O–H groups in total. The minimum atomic E-state index is -3.04. The van der Waals surface area contributed by atoms with E-state index in [9.17, 15) is 13.6 Å². The van der Waals surface area contributed by atoms with Crippen molar-refractivity contribution >= 4 is 11.6 Å². The second-order valence-electron chi connectivity index (χ2n) is 2.55. The molecule has 0 spiro atoms. The second kappa shape index (κ2) is 3.47. The maximum absolute atomic E-state index is 12.0. The number of rotatable bonds is 2. The summed E-state index contributed by atoms with van der Waals surface area (Å²) in [6, 6.07) is 1.46. The fraction of sp³-hybridized carbons (Fsp3) is 0.250. The molecule has 70 valence electrons. The van der Waals surface area contributed by atoms with Crippen molar-refractivity contribution in [2.75, 3.05) is 5.73 Å². The molecule has 0 aliphatic heterocycles. The zero-order valence-electron chi connectivity index (χ0n) is 6.92. The van der Waals surface area contributed by atoms with Crippen molar-refractivity contribution in [2.45, 2.75) is 13.3 Å². The van der Waals surface area contributed by atoms with Gasteiger partial charge in [0.05, 0.1) is 5.56 Å². The number of alkyl halides is 2. The molecule has 3 nitrogen and oxygen atoms in total. The molecular formula is C8H8F2N2O. The van der Waals surface area contributed by atoms with Crippen LogP contribution in [-0.2, 0) is 0 Å². The number of hydrogen-bond donors (Lipinski definition) is 1.